The Labute approximate surface area is 100 Å². The lowest BCUT2D eigenvalue weighted by Gasteiger charge is -2.15. The highest BCUT2D eigenvalue weighted by Crippen LogP contribution is 2.21. The molecule has 1 aromatic carbocycles. The van der Waals surface area contributed by atoms with E-state index in [1.807, 2.05) is 0 Å². The molecule has 0 aliphatic carbocycles. The molecular weight excluding hydrogens is 254 g/mol. The number of hydrogen-bond donors (Lipinski definition) is 3. The molecule has 1 amide bonds. The Hall–Kier alpha value is -1.83. The molecular formula is C10H11F4N3O. The van der Waals surface area contributed by atoms with Crippen LogP contribution in [0.5, 0.6) is 0 Å². The lowest BCUT2D eigenvalue weighted by atomic mass is 10.2. The van der Waals surface area contributed by atoms with E-state index in [0.717, 1.165) is 0 Å². The summed E-state index contributed by atoms with van der Waals surface area (Å²) in [5, 5.41) is 1.74. The van der Waals surface area contributed by atoms with Crippen LogP contribution in [0.3, 0.4) is 0 Å². The summed E-state index contributed by atoms with van der Waals surface area (Å²) in [4.78, 5) is 11.4. The lowest BCUT2D eigenvalue weighted by Crippen LogP contribution is -2.41. The van der Waals surface area contributed by atoms with Crippen molar-refractivity contribution in [1.29, 1.82) is 0 Å². The molecule has 0 aliphatic rings. The van der Waals surface area contributed by atoms with Gasteiger partial charge in [0.25, 0.3) is 5.91 Å². The molecule has 18 heavy (non-hydrogen) atoms. The molecule has 0 unspecified atom stereocenters. The predicted molar refractivity (Wildman–Crippen MR) is 57.5 cm³/mol. The second-order valence-electron chi connectivity index (χ2n) is 3.47. The number of nitrogens with one attached hydrogen (secondary N) is 2. The van der Waals surface area contributed by atoms with Crippen molar-refractivity contribution >= 4 is 11.6 Å². The fourth-order valence-corrected chi connectivity index (χ4v) is 1.10. The van der Waals surface area contributed by atoms with E-state index in [1.165, 1.54) is 24.3 Å². The van der Waals surface area contributed by atoms with Crippen molar-refractivity contribution in [2.75, 3.05) is 12.0 Å². The second-order valence-corrected chi connectivity index (χ2v) is 3.47. The van der Waals surface area contributed by atoms with E-state index in [4.69, 9.17) is 5.84 Å². The minimum atomic E-state index is -4.24. The molecule has 0 fully saturated rings. The minimum Gasteiger partial charge on any atom is -0.346 e. The fraction of sp³-hybridized carbons (Fsp3) is 0.300. The van der Waals surface area contributed by atoms with Crippen molar-refractivity contribution < 1.29 is 22.4 Å². The Balaban J connectivity index is 2.60. The van der Waals surface area contributed by atoms with E-state index in [1.54, 1.807) is 5.32 Å². The van der Waals surface area contributed by atoms with Crippen LogP contribution < -0.4 is 16.6 Å². The average Bonchev–Trinajstić information content (AvgIpc) is 2.36. The van der Waals surface area contributed by atoms with Gasteiger partial charge < -0.3 is 10.7 Å². The number of hydrazine groups is 1. The van der Waals surface area contributed by atoms with Crippen LogP contribution in [0.1, 0.15) is 10.4 Å². The number of carbonyl (C=O) groups is 1. The Morgan fingerprint density at radius 1 is 1.28 bits per heavy atom. The summed E-state index contributed by atoms with van der Waals surface area (Å²) >= 11 is 0. The quantitative estimate of drug-likeness (QED) is 0.430. The normalized spacial score (nSPS) is 11.4. The van der Waals surface area contributed by atoms with Gasteiger partial charge in [0.1, 0.15) is 0 Å². The van der Waals surface area contributed by atoms with Gasteiger partial charge in [-0.1, -0.05) is 0 Å². The summed E-state index contributed by atoms with van der Waals surface area (Å²) < 4.78 is 48.8. The molecule has 0 bridgehead atoms. The van der Waals surface area contributed by atoms with Crippen LogP contribution in [0, 0.1) is 0 Å². The molecule has 0 saturated heterocycles. The van der Waals surface area contributed by atoms with Gasteiger partial charge in [-0.25, -0.2) is 8.78 Å². The zero-order valence-electron chi connectivity index (χ0n) is 9.09. The molecule has 1 aromatic rings. The smallest absolute Gasteiger partial charge is 0.324 e. The summed E-state index contributed by atoms with van der Waals surface area (Å²) in [6.45, 7) is -1.42. The molecule has 0 heterocycles. The first-order valence-corrected chi connectivity index (χ1v) is 4.87. The number of rotatable bonds is 5. The van der Waals surface area contributed by atoms with Crippen LogP contribution >= 0.6 is 0 Å². The maximum atomic E-state index is 12.5. The van der Waals surface area contributed by atoms with Crippen molar-refractivity contribution in [2.45, 2.75) is 12.3 Å². The van der Waals surface area contributed by atoms with E-state index >= 15 is 0 Å². The van der Waals surface area contributed by atoms with Crippen LogP contribution in [0.4, 0.5) is 23.2 Å². The number of benzene rings is 1. The molecule has 4 N–H and O–H groups in total. The maximum Gasteiger partial charge on any atom is 0.324 e. The Kier molecular flexibility index (Phi) is 4.49. The molecule has 4 nitrogen and oxygen atoms in total. The minimum absolute atomic E-state index is 0.0686. The number of hydrogen-bond acceptors (Lipinski definition) is 3. The molecule has 0 saturated carbocycles. The summed E-state index contributed by atoms with van der Waals surface area (Å²) in [6, 6.07) is 5.54. The Bertz CT molecular complexity index is 408. The fourth-order valence-electron chi connectivity index (χ4n) is 1.10. The van der Waals surface area contributed by atoms with Crippen LogP contribution in [0.15, 0.2) is 24.3 Å². The topological polar surface area (TPSA) is 67.1 Å². The monoisotopic (exact) mass is 265 g/mol. The van der Waals surface area contributed by atoms with E-state index in [2.05, 4.69) is 5.43 Å². The zero-order valence-corrected chi connectivity index (χ0v) is 9.09. The van der Waals surface area contributed by atoms with Crippen LogP contribution in [0.2, 0.25) is 0 Å². The number of nitrogen functional groups attached to an aromatic ring is 1. The first-order valence-electron chi connectivity index (χ1n) is 4.87. The van der Waals surface area contributed by atoms with Gasteiger partial charge in [0.05, 0.1) is 6.54 Å². The van der Waals surface area contributed by atoms with Crippen molar-refractivity contribution in [3.63, 3.8) is 0 Å². The van der Waals surface area contributed by atoms with Crippen molar-refractivity contribution in [3.05, 3.63) is 29.8 Å². The number of nitrogens with two attached hydrogens (primary N) is 1. The molecule has 1 rings (SSSR count). The Morgan fingerprint density at radius 3 is 2.28 bits per heavy atom. The third-order valence-electron chi connectivity index (χ3n) is 2.12. The highest BCUT2D eigenvalue weighted by atomic mass is 19.3. The van der Waals surface area contributed by atoms with Crippen LogP contribution in [-0.2, 0) is 0 Å². The summed E-state index contributed by atoms with van der Waals surface area (Å²) in [7, 11) is 0. The Morgan fingerprint density at radius 2 is 1.83 bits per heavy atom. The van der Waals surface area contributed by atoms with Gasteiger partial charge in [0.15, 0.2) is 0 Å². The molecule has 0 atom stereocenters. The molecule has 8 heteroatoms. The largest absolute Gasteiger partial charge is 0.346 e. The SMILES string of the molecule is NNc1ccc(C(=O)NCC(F)(F)C(F)F)cc1. The van der Waals surface area contributed by atoms with Crippen molar-refractivity contribution in [1.82, 2.24) is 5.32 Å². The van der Waals surface area contributed by atoms with Gasteiger partial charge >= 0.3 is 12.3 Å². The highest BCUT2D eigenvalue weighted by Gasteiger charge is 2.40. The first kappa shape index (κ1) is 14.2. The molecule has 0 aromatic heterocycles. The molecule has 0 radical (unpaired) electrons. The van der Waals surface area contributed by atoms with Crippen LogP contribution in [0.25, 0.3) is 0 Å². The third kappa shape index (κ3) is 3.59. The zero-order chi connectivity index (χ0) is 13.8. The standard InChI is InChI=1S/C10H11F4N3O/c11-9(12)10(13,14)5-16-8(18)6-1-3-7(17-15)4-2-6/h1-4,9,17H,5,15H2,(H,16,18). The average molecular weight is 265 g/mol. The lowest BCUT2D eigenvalue weighted by molar-refractivity contribution is -0.123. The van der Waals surface area contributed by atoms with Gasteiger partial charge in [0, 0.05) is 11.3 Å². The number of carbonyl (C=O) groups excluding carboxylic acids is 1. The second kappa shape index (κ2) is 5.67. The summed E-state index contributed by atoms with van der Waals surface area (Å²) in [6.07, 6.45) is -3.82. The summed E-state index contributed by atoms with van der Waals surface area (Å²) in [5.41, 5.74) is 2.90. The number of halogens is 4. The summed E-state index contributed by atoms with van der Waals surface area (Å²) in [5.74, 6) is -0.0118. The van der Waals surface area contributed by atoms with E-state index < -0.39 is 24.8 Å². The van der Waals surface area contributed by atoms with Crippen molar-refractivity contribution in [3.8, 4) is 0 Å². The third-order valence-corrected chi connectivity index (χ3v) is 2.12. The predicted octanol–water partition coefficient (Wildman–Crippen LogP) is 1.60. The van der Waals surface area contributed by atoms with Gasteiger partial charge in [-0.3, -0.25) is 10.6 Å². The number of amides is 1. The van der Waals surface area contributed by atoms with Gasteiger partial charge in [-0.05, 0) is 24.3 Å². The molecule has 0 spiro atoms. The molecule has 100 valence electrons. The first-order chi connectivity index (χ1) is 8.36. The maximum absolute atomic E-state index is 12.5. The van der Waals surface area contributed by atoms with Gasteiger partial charge in [-0.15, -0.1) is 0 Å². The number of alkyl halides is 4. The van der Waals surface area contributed by atoms with E-state index in [-0.39, 0.29) is 5.56 Å². The highest BCUT2D eigenvalue weighted by molar-refractivity contribution is 5.94. The van der Waals surface area contributed by atoms with Crippen molar-refractivity contribution in [2.24, 2.45) is 5.84 Å². The molecule has 0 aliphatic heterocycles. The van der Waals surface area contributed by atoms with Gasteiger partial charge in [0.2, 0.25) is 0 Å². The van der Waals surface area contributed by atoms with Crippen LogP contribution in [-0.4, -0.2) is 24.8 Å². The number of anilines is 1. The van der Waals surface area contributed by atoms with E-state index in [0.29, 0.717) is 5.69 Å². The van der Waals surface area contributed by atoms with Gasteiger partial charge in [-0.2, -0.15) is 8.78 Å². The van der Waals surface area contributed by atoms with E-state index in [9.17, 15) is 22.4 Å².